The van der Waals surface area contributed by atoms with Crippen LogP contribution < -0.4 is 10.9 Å². The predicted octanol–water partition coefficient (Wildman–Crippen LogP) is 4.65. The second-order valence-corrected chi connectivity index (χ2v) is 7.26. The third-order valence-electron chi connectivity index (χ3n) is 4.05. The Morgan fingerprint density at radius 1 is 0.818 bits per heavy atom. The number of para-hydroxylation sites is 1. The molecule has 0 saturated carbocycles. The first-order valence-corrected chi connectivity index (χ1v) is 10.1. The molecule has 0 saturated heterocycles. The van der Waals surface area contributed by atoms with Crippen LogP contribution in [0, 0.1) is 10.1 Å². The highest BCUT2D eigenvalue weighted by atomic mass is 35.5. The summed E-state index contributed by atoms with van der Waals surface area (Å²) in [6.07, 6.45) is 2.96. The summed E-state index contributed by atoms with van der Waals surface area (Å²) in [5.41, 5.74) is 6.09. The van der Waals surface area contributed by atoms with Gasteiger partial charge >= 0.3 is 0 Å². The minimum atomic E-state index is -0.847. The highest BCUT2D eigenvalue weighted by molar-refractivity contribution is 6.30. The van der Waals surface area contributed by atoms with E-state index in [2.05, 4.69) is 26.0 Å². The van der Waals surface area contributed by atoms with Gasteiger partial charge in [-0.05, 0) is 41.5 Å². The second-order valence-electron chi connectivity index (χ2n) is 6.38. The van der Waals surface area contributed by atoms with Crippen molar-refractivity contribution >= 4 is 53.2 Å². The third kappa shape index (κ3) is 7.23. The quantitative estimate of drug-likeness (QED) is 0.229. The molecule has 33 heavy (non-hydrogen) atoms. The van der Waals surface area contributed by atoms with Crippen molar-refractivity contribution in [1.29, 1.82) is 0 Å². The lowest BCUT2D eigenvalue weighted by Gasteiger charge is -2.05. The van der Waals surface area contributed by atoms with E-state index < -0.39 is 10.8 Å². The number of carbonyl (C=O) groups is 1. The highest BCUT2D eigenvalue weighted by Gasteiger charge is 2.19. The number of halogens is 2. The zero-order valence-corrected chi connectivity index (χ0v) is 18.4. The van der Waals surface area contributed by atoms with E-state index in [0.717, 1.165) is 11.1 Å². The molecule has 3 rings (SSSR count). The Hall–Kier alpha value is -4.08. The van der Waals surface area contributed by atoms with Gasteiger partial charge in [0, 0.05) is 16.1 Å². The summed E-state index contributed by atoms with van der Waals surface area (Å²) in [5.74, 6) is -0.991. The van der Waals surface area contributed by atoms with Crippen LogP contribution in [0.5, 0.6) is 0 Å². The molecule has 1 amide bonds. The van der Waals surface area contributed by atoms with Crippen LogP contribution in [0.3, 0.4) is 0 Å². The molecule has 166 valence electrons. The Labute approximate surface area is 198 Å². The maximum Gasteiger partial charge on any atom is 0.287 e. The molecule has 0 atom stereocenters. The molecule has 0 bridgehead atoms. The van der Waals surface area contributed by atoms with Gasteiger partial charge in [0.15, 0.2) is 0 Å². The fraction of sp³-hybridized carbons (Fsp3) is 0. The average Bonchev–Trinajstić information content (AvgIpc) is 2.81. The summed E-state index contributed by atoms with van der Waals surface area (Å²) >= 11 is 11.7. The van der Waals surface area contributed by atoms with Crippen LogP contribution in [0.2, 0.25) is 10.0 Å². The maximum atomic E-state index is 12.6. The second kappa shape index (κ2) is 11.5. The molecular formula is C22H16Cl2N6O3. The number of rotatable bonds is 6. The topological polar surface area (TPSA) is 121 Å². The molecule has 0 fully saturated rings. The van der Waals surface area contributed by atoms with Gasteiger partial charge < -0.3 is 0 Å². The fourth-order valence-electron chi connectivity index (χ4n) is 2.48. The van der Waals surface area contributed by atoms with Crippen LogP contribution in [0.15, 0.2) is 88.0 Å². The van der Waals surface area contributed by atoms with Crippen LogP contribution in [0.4, 0.5) is 5.69 Å². The first-order chi connectivity index (χ1) is 15.9. The SMILES string of the molecule is O=C(N=C(NN=Cc1ccc(Cl)cc1)NN=Cc1ccc(Cl)cc1)c1ccccc1[N+](=O)[O-]. The highest BCUT2D eigenvalue weighted by Crippen LogP contribution is 2.18. The van der Waals surface area contributed by atoms with Crippen molar-refractivity contribution in [2.24, 2.45) is 15.2 Å². The molecule has 0 unspecified atom stereocenters. The lowest BCUT2D eigenvalue weighted by molar-refractivity contribution is -0.385. The van der Waals surface area contributed by atoms with Crippen LogP contribution in [0.25, 0.3) is 0 Å². The van der Waals surface area contributed by atoms with Crippen molar-refractivity contribution in [1.82, 2.24) is 10.9 Å². The van der Waals surface area contributed by atoms with Gasteiger partial charge in [-0.15, -0.1) is 0 Å². The van der Waals surface area contributed by atoms with Gasteiger partial charge in [-0.3, -0.25) is 14.9 Å². The van der Waals surface area contributed by atoms with Gasteiger partial charge in [-0.2, -0.15) is 15.2 Å². The molecule has 0 aromatic heterocycles. The summed E-state index contributed by atoms with van der Waals surface area (Å²) in [6.45, 7) is 0. The van der Waals surface area contributed by atoms with Crippen molar-refractivity contribution in [3.63, 3.8) is 0 Å². The smallest absolute Gasteiger partial charge is 0.266 e. The van der Waals surface area contributed by atoms with Crippen LogP contribution >= 0.6 is 23.2 Å². The molecule has 0 spiro atoms. The summed E-state index contributed by atoms with van der Waals surface area (Å²) in [7, 11) is 0. The van der Waals surface area contributed by atoms with Crippen LogP contribution in [0.1, 0.15) is 21.5 Å². The number of nitro benzene ring substituents is 1. The average molecular weight is 483 g/mol. The summed E-state index contributed by atoms with van der Waals surface area (Å²) in [5, 5.41) is 20.4. The van der Waals surface area contributed by atoms with Gasteiger partial charge in [-0.1, -0.05) is 59.6 Å². The standard InChI is InChI=1S/C22H16Cl2N6O3/c23-17-9-5-15(6-10-17)13-25-28-22(29-26-14-16-7-11-18(24)12-8-16)27-21(31)19-3-1-2-4-20(19)30(32)33/h1-14H,(H2,27,28,29,31). The molecule has 2 N–H and O–H groups in total. The summed E-state index contributed by atoms with van der Waals surface area (Å²) in [4.78, 5) is 27.1. The molecule has 0 heterocycles. The van der Waals surface area contributed by atoms with E-state index in [9.17, 15) is 14.9 Å². The molecule has 0 radical (unpaired) electrons. The van der Waals surface area contributed by atoms with Crippen molar-refractivity contribution in [3.05, 3.63) is 110 Å². The Morgan fingerprint density at radius 3 is 1.79 bits per heavy atom. The van der Waals surface area contributed by atoms with E-state index in [1.54, 1.807) is 48.5 Å². The molecule has 11 heteroatoms. The lowest BCUT2D eigenvalue weighted by Crippen LogP contribution is -2.32. The van der Waals surface area contributed by atoms with Gasteiger partial charge in [0.25, 0.3) is 11.6 Å². The molecule has 0 aliphatic carbocycles. The number of hydrogen-bond donors (Lipinski definition) is 2. The number of amides is 1. The van der Waals surface area contributed by atoms with E-state index >= 15 is 0 Å². The van der Waals surface area contributed by atoms with E-state index in [4.69, 9.17) is 23.2 Å². The Kier molecular flexibility index (Phi) is 8.23. The van der Waals surface area contributed by atoms with Crippen LogP contribution in [-0.2, 0) is 0 Å². The first kappa shape index (κ1) is 23.6. The Morgan fingerprint density at radius 2 is 1.30 bits per heavy atom. The number of nitro groups is 1. The number of hydrazone groups is 2. The van der Waals surface area contributed by atoms with Crippen molar-refractivity contribution in [3.8, 4) is 0 Å². The first-order valence-electron chi connectivity index (χ1n) is 9.38. The van der Waals surface area contributed by atoms with Crippen molar-refractivity contribution in [2.75, 3.05) is 0 Å². The predicted molar refractivity (Wildman–Crippen MR) is 129 cm³/mol. The van der Waals surface area contributed by atoms with E-state index in [1.807, 2.05) is 0 Å². The Bertz CT molecular complexity index is 1170. The zero-order valence-electron chi connectivity index (χ0n) is 16.9. The molecule has 0 aliphatic rings. The molecule has 9 nitrogen and oxygen atoms in total. The minimum absolute atomic E-state index is 0.145. The third-order valence-corrected chi connectivity index (χ3v) is 4.56. The van der Waals surface area contributed by atoms with Gasteiger partial charge in [0.2, 0.25) is 5.96 Å². The molecule has 3 aromatic rings. The number of carbonyl (C=O) groups excluding carboxylic acids is 1. The Balaban J connectivity index is 1.81. The summed E-state index contributed by atoms with van der Waals surface area (Å²) < 4.78 is 0. The lowest BCUT2D eigenvalue weighted by atomic mass is 10.2. The van der Waals surface area contributed by atoms with Gasteiger partial charge in [0.1, 0.15) is 5.56 Å². The monoisotopic (exact) mass is 482 g/mol. The maximum absolute atomic E-state index is 12.6. The van der Waals surface area contributed by atoms with Gasteiger partial charge in [-0.25, -0.2) is 10.9 Å². The normalized spacial score (nSPS) is 10.8. The van der Waals surface area contributed by atoms with E-state index in [0.29, 0.717) is 10.0 Å². The number of hydrogen-bond acceptors (Lipinski definition) is 5. The molecular weight excluding hydrogens is 467 g/mol. The zero-order chi connectivity index (χ0) is 23.6. The van der Waals surface area contributed by atoms with Gasteiger partial charge in [0.05, 0.1) is 17.4 Å². The number of benzene rings is 3. The number of nitrogens with zero attached hydrogens (tertiary/aromatic N) is 4. The number of aliphatic imine (C=N–C) groups is 1. The van der Waals surface area contributed by atoms with Crippen LogP contribution in [-0.4, -0.2) is 29.2 Å². The minimum Gasteiger partial charge on any atom is -0.266 e. The largest absolute Gasteiger partial charge is 0.287 e. The summed E-state index contributed by atoms with van der Waals surface area (Å²) in [6, 6.07) is 19.3. The van der Waals surface area contributed by atoms with Crippen molar-refractivity contribution in [2.45, 2.75) is 0 Å². The number of guanidine groups is 1. The number of nitrogens with one attached hydrogen (secondary N) is 2. The fourth-order valence-corrected chi connectivity index (χ4v) is 2.74. The van der Waals surface area contributed by atoms with Crippen molar-refractivity contribution < 1.29 is 9.72 Å². The van der Waals surface area contributed by atoms with E-state index in [1.165, 1.54) is 36.7 Å². The molecule has 3 aromatic carbocycles. The molecule has 0 aliphatic heterocycles. The van der Waals surface area contributed by atoms with E-state index in [-0.39, 0.29) is 17.2 Å².